The highest BCUT2D eigenvalue weighted by atomic mass is 79.9. The summed E-state index contributed by atoms with van der Waals surface area (Å²) in [5.74, 6) is -0.197. The Kier molecular flexibility index (Phi) is 5.71. The fourth-order valence-electron chi connectivity index (χ4n) is 2.02. The number of ether oxygens (including phenoxy) is 1. The van der Waals surface area contributed by atoms with Crippen LogP contribution >= 0.6 is 15.9 Å². The first-order valence-electron chi connectivity index (χ1n) is 6.41. The Hall–Kier alpha value is -1.23. The quantitative estimate of drug-likeness (QED) is 0.859. The van der Waals surface area contributed by atoms with Crippen LogP contribution in [0.2, 0.25) is 0 Å². The van der Waals surface area contributed by atoms with Gasteiger partial charge in [0.25, 0.3) is 0 Å². The van der Waals surface area contributed by atoms with Gasteiger partial charge >= 0.3 is 0 Å². The largest absolute Gasteiger partial charge is 0.380 e. The Morgan fingerprint density at radius 1 is 1.05 bits per heavy atom. The number of methoxy groups -OCH3 is 1. The van der Waals surface area contributed by atoms with Gasteiger partial charge in [0.1, 0.15) is 5.82 Å². The summed E-state index contributed by atoms with van der Waals surface area (Å²) in [5.41, 5.74) is 2.99. The zero-order valence-electron chi connectivity index (χ0n) is 11.3. The predicted octanol–water partition coefficient (Wildman–Crippen LogP) is 4.02. The molecule has 0 heterocycles. The Morgan fingerprint density at radius 3 is 2.45 bits per heavy atom. The molecule has 2 aromatic rings. The molecule has 0 amide bonds. The zero-order chi connectivity index (χ0) is 14.4. The Bertz CT molecular complexity index is 574. The first kappa shape index (κ1) is 15.2. The molecule has 0 aliphatic heterocycles. The minimum absolute atomic E-state index is 0.197. The number of hydrogen-bond acceptors (Lipinski definition) is 2. The lowest BCUT2D eigenvalue weighted by Gasteiger charge is -2.10. The van der Waals surface area contributed by atoms with Crippen LogP contribution in [-0.2, 0) is 24.4 Å². The molecule has 2 nitrogen and oxygen atoms in total. The van der Waals surface area contributed by atoms with Gasteiger partial charge in [0, 0.05) is 30.2 Å². The van der Waals surface area contributed by atoms with Gasteiger partial charge in [-0.3, -0.25) is 0 Å². The lowest BCUT2D eigenvalue weighted by atomic mass is 10.1. The van der Waals surface area contributed by atoms with Crippen molar-refractivity contribution in [3.8, 4) is 0 Å². The average molecular weight is 338 g/mol. The summed E-state index contributed by atoms with van der Waals surface area (Å²) in [6.07, 6.45) is 0. The van der Waals surface area contributed by atoms with E-state index in [1.54, 1.807) is 13.2 Å². The van der Waals surface area contributed by atoms with Crippen molar-refractivity contribution in [3.05, 3.63) is 69.4 Å². The molecule has 0 saturated heterocycles. The van der Waals surface area contributed by atoms with Gasteiger partial charge < -0.3 is 10.1 Å². The predicted molar refractivity (Wildman–Crippen MR) is 81.8 cm³/mol. The van der Waals surface area contributed by atoms with Gasteiger partial charge in [-0.15, -0.1) is 0 Å². The molecule has 0 atom stereocenters. The van der Waals surface area contributed by atoms with Crippen molar-refractivity contribution >= 4 is 15.9 Å². The summed E-state index contributed by atoms with van der Waals surface area (Å²) < 4.78 is 19.6. The number of benzene rings is 2. The molecule has 106 valence electrons. The second-order valence-electron chi connectivity index (χ2n) is 4.54. The molecule has 4 heteroatoms. The van der Waals surface area contributed by atoms with Gasteiger partial charge in [-0.25, -0.2) is 4.39 Å². The molecular formula is C16H17BrFNO. The van der Waals surface area contributed by atoms with Gasteiger partial charge in [0.05, 0.1) is 6.61 Å². The van der Waals surface area contributed by atoms with Crippen LogP contribution in [0, 0.1) is 5.82 Å². The number of halogens is 2. The minimum Gasteiger partial charge on any atom is -0.380 e. The second kappa shape index (κ2) is 7.53. The van der Waals surface area contributed by atoms with Crippen LogP contribution < -0.4 is 5.32 Å². The van der Waals surface area contributed by atoms with Crippen molar-refractivity contribution in [3.63, 3.8) is 0 Å². The molecule has 0 spiro atoms. The molecule has 0 fully saturated rings. The van der Waals surface area contributed by atoms with Crippen molar-refractivity contribution in [1.82, 2.24) is 5.32 Å². The van der Waals surface area contributed by atoms with E-state index < -0.39 is 0 Å². The van der Waals surface area contributed by atoms with Gasteiger partial charge in [-0.2, -0.15) is 0 Å². The first-order chi connectivity index (χ1) is 9.70. The molecule has 20 heavy (non-hydrogen) atoms. The van der Waals surface area contributed by atoms with Crippen LogP contribution in [0.3, 0.4) is 0 Å². The van der Waals surface area contributed by atoms with Crippen LogP contribution in [0.25, 0.3) is 0 Å². The standard InChI is InChI=1S/C16H17BrFNO/c1-20-11-14-5-3-2-4-12(14)9-19-10-13-6-7-15(17)8-16(13)18/h2-8,19H,9-11H2,1H3. The highest BCUT2D eigenvalue weighted by Crippen LogP contribution is 2.15. The molecule has 2 aromatic carbocycles. The third-order valence-electron chi connectivity index (χ3n) is 3.06. The van der Waals surface area contributed by atoms with Gasteiger partial charge in [-0.1, -0.05) is 46.3 Å². The van der Waals surface area contributed by atoms with E-state index in [2.05, 4.69) is 27.3 Å². The third kappa shape index (κ3) is 4.13. The van der Waals surface area contributed by atoms with Gasteiger partial charge in [-0.05, 0) is 23.3 Å². The molecule has 1 N–H and O–H groups in total. The number of hydrogen-bond donors (Lipinski definition) is 1. The maximum Gasteiger partial charge on any atom is 0.128 e. The van der Waals surface area contributed by atoms with Gasteiger partial charge in [0.2, 0.25) is 0 Å². The van der Waals surface area contributed by atoms with Crippen molar-refractivity contribution < 1.29 is 9.13 Å². The summed E-state index contributed by atoms with van der Waals surface area (Å²) in [4.78, 5) is 0. The second-order valence-corrected chi connectivity index (χ2v) is 5.46. The van der Waals surface area contributed by atoms with Crippen LogP contribution in [0.15, 0.2) is 46.9 Å². The average Bonchev–Trinajstić information content (AvgIpc) is 2.43. The highest BCUT2D eigenvalue weighted by molar-refractivity contribution is 9.10. The molecule has 0 unspecified atom stereocenters. The SMILES string of the molecule is COCc1ccccc1CNCc1ccc(Br)cc1F. The topological polar surface area (TPSA) is 21.3 Å². The van der Waals surface area contributed by atoms with Crippen LogP contribution in [0.1, 0.15) is 16.7 Å². The van der Waals surface area contributed by atoms with E-state index in [-0.39, 0.29) is 5.82 Å². The molecule has 0 aliphatic rings. The third-order valence-corrected chi connectivity index (χ3v) is 3.56. The maximum absolute atomic E-state index is 13.7. The van der Waals surface area contributed by atoms with E-state index in [9.17, 15) is 4.39 Å². The van der Waals surface area contributed by atoms with E-state index in [1.165, 1.54) is 11.6 Å². The van der Waals surface area contributed by atoms with E-state index in [1.807, 2.05) is 24.3 Å². The van der Waals surface area contributed by atoms with Gasteiger partial charge in [0.15, 0.2) is 0 Å². The van der Waals surface area contributed by atoms with Crippen molar-refractivity contribution in [2.45, 2.75) is 19.7 Å². The molecule has 2 rings (SSSR count). The molecule has 0 saturated carbocycles. The van der Waals surface area contributed by atoms with E-state index in [4.69, 9.17) is 4.74 Å². The lowest BCUT2D eigenvalue weighted by molar-refractivity contribution is 0.184. The number of rotatable bonds is 6. The lowest BCUT2D eigenvalue weighted by Crippen LogP contribution is -2.15. The highest BCUT2D eigenvalue weighted by Gasteiger charge is 2.04. The van der Waals surface area contributed by atoms with E-state index >= 15 is 0 Å². The molecule has 0 aromatic heterocycles. The maximum atomic E-state index is 13.7. The van der Waals surface area contributed by atoms with Crippen LogP contribution in [0.5, 0.6) is 0 Å². The minimum atomic E-state index is -0.197. The summed E-state index contributed by atoms with van der Waals surface area (Å²) in [6.45, 7) is 1.78. The number of nitrogens with one attached hydrogen (secondary N) is 1. The molecule has 0 bridgehead atoms. The van der Waals surface area contributed by atoms with Crippen LogP contribution in [-0.4, -0.2) is 7.11 Å². The first-order valence-corrected chi connectivity index (χ1v) is 7.20. The summed E-state index contributed by atoms with van der Waals surface area (Å²) in [5, 5.41) is 3.27. The summed E-state index contributed by atoms with van der Waals surface area (Å²) in [6, 6.07) is 13.2. The normalized spacial score (nSPS) is 10.8. The fourth-order valence-corrected chi connectivity index (χ4v) is 2.36. The van der Waals surface area contributed by atoms with Crippen molar-refractivity contribution in [2.24, 2.45) is 0 Å². The zero-order valence-corrected chi connectivity index (χ0v) is 12.9. The fraction of sp³-hybridized carbons (Fsp3) is 0.250. The van der Waals surface area contributed by atoms with Crippen LogP contribution in [0.4, 0.5) is 4.39 Å². The van der Waals surface area contributed by atoms with E-state index in [0.29, 0.717) is 25.3 Å². The smallest absolute Gasteiger partial charge is 0.128 e. The van der Waals surface area contributed by atoms with Crippen molar-refractivity contribution in [2.75, 3.05) is 7.11 Å². The van der Waals surface area contributed by atoms with Crippen molar-refractivity contribution in [1.29, 1.82) is 0 Å². The molecule has 0 radical (unpaired) electrons. The Labute approximate surface area is 127 Å². The summed E-state index contributed by atoms with van der Waals surface area (Å²) >= 11 is 3.25. The van der Waals surface area contributed by atoms with E-state index in [0.717, 1.165) is 10.0 Å². The monoisotopic (exact) mass is 337 g/mol. The molecule has 0 aliphatic carbocycles. The molecular weight excluding hydrogens is 321 g/mol. The summed E-state index contributed by atoms with van der Waals surface area (Å²) in [7, 11) is 1.68. The Morgan fingerprint density at radius 2 is 1.75 bits per heavy atom. The Balaban J connectivity index is 1.96.